The van der Waals surface area contributed by atoms with Crippen molar-refractivity contribution in [3.63, 3.8) is 0 Å². The maximum Gasteiger partial charge on any atom is 0.416 e. The molecule has 0 aromatic heterocycles. The van der Waals surface area contributed by atoms with Gasteiger partial charge in [-0.15, -0.1) is 0 Å². The first kappa shape index (κ1) is 11.7. The molecule has 0 aliphatic carbocycles. The Hall–Kier alpha value is -0.740. The van der Waals surface area contributed by atoms with E-state index in [4.69, 9.17) is 11.6 Å². The van der Waals surface area contributed by atoms with Crippen LogP contribution in [0, 0.1) is 0 Å². The Morgan fingerprint density at radius 3 is 2.56 bits per heavy atom. The molecule has 1 saturated heterocycles. The van der Waals surface area contributed by atoms with E-state index in [1.807, 2.05) is 0 Å². The lowest BCUT2D eigenvalue weighted by Gasteiger charge is -2.13. The second-order valence-electron chi connectivity index (χ2n) is 3.92. The molecular formula is C11H11ClF3N. The molecule has 0 bridgehead atoms. The number of benzene rings is 1. The number of hydrogen-bond acceptors (Lipinski definition) is 1. The molecule has 2 rings (SSSR count). The summed E-state index contributed by atoms with van der Waals surface area (Å²) in [4.78, 5) is 0. The fourth-order valence-electron chi connectivity index (χ4n) is 1.95. The van der Waals surface area contributed by atoms with E-state index >= 15 is 0 Å². The second kappa shape index (κ2) is 4.26. The quantitative estimate of drug-likeness (QED) is 0.804. The Bertz CT molecular complexity index is 383. The molecule has 1 aliphatic rings. The summed E-state index contributed by atoms with van der Waals surface area (Å²) >= 11 is 5.89. The molecule has 0 saturated carbocycles. The lowest BCUT2D eigenvalue weighted by molar-refractivity contribution is -0.137. The van der Waals surface area contributed by atoms with Crippen molar-refractivity contribution in [1.82, 2.24) is 5.32 Å². The Labute approximate surface area is 96.6 Å². The van der Waals surface area contributed by atoms with Crippen LogP contribution in [0.5, 0.6) is 0 Å². The van der Waals surface area contributed by atoms with E-state index in [-0.39, 0.29) is 10.9 Å². The topological polar surface area (TPSA) is 12.0 Å². The summed E-state index contributed by atoms with van der Waals surface area (Å²) in [6.07, 6.45) is -3.40. The minimum atomic E-state index is -4.32. The van der Waals surface area contributed by atoms with Crippen LogP contribution in [0.3, 0.4) is 0 Å². The maximum absolute atomic E-state index is 12.4. The van der Waals surface area contributed by atoms with Gasteiger partial charge in [0.15, 0.2) is 0 Å². The van der Waals surface area contributed by atoms with Crippen LogP contribution >= 0.6 is 11.6 Å². The van der Waals surface area contributed by atoms with Gasteiger partial charge < -0.3 is 5.32 Å². The molecule has 1 aliphatic heterocycles. The third-order valence-electron chi connectivity index (χ3n) is 2.83. The highest BCUT2D eigenvalue weighted by Crippen LogP contribution is 2.35. The lowest BCUT2D eigenvalue weighted by atomic mass is 9.97. The van der Waals surface area contributed by atoms with Gasteiger partial charge in [-0.2, -0.15) is 13.2 Å². The SMILES string of the molecule is FC(F)(F)c1ccc(C2CCNC2)c(Cl)c1. The highest BCUT2D eigenvalue weighted by Gasteiger charge is 2.31. The molecule has 1 N–H and O–H groups in total. The predicted molar refractivity (Wildman–Crippen MR) is 56.7 cm³/mol. The standard InChI is InChI=1S/C11H11ClF3N/c12-10-5-8(11(13,14)15)1-2-9(10)7-3-4-16-6-7/h1-2,5,7,16H,3-4,6H2. The highest BCUT2D eigenvalue weighted by atomic mass is 35.5. The fourth-order valence-corrected chi connectivity index (χ4v) is 2.29. The zero-order valence-electron chi connectivity index (χ0n) is 8.44. The smallest absolute Gasteiger partial charge is 0.316 e. The number of rotatable bonds is 1. The Kier molecular flexibility index (Phi) is 3.13. The first-order valence-corrected chi connectivity index (χ1v) is 5.43. The zero-order valence-corrected chi connectivity index (χ0v) is 9.20. The third-order valence-corrected chi connectivity index (χ3v) is 3.16. The van der Waals surface area contributed by atoms with E-state index in [0.29, 0.717) is 0 Å². The summed E-state index contributed by atoms with van der Waals surface area (Å²) in [7, 11) is 0. The largest absolute Gasteiger partial charge is 0.416 e. The summed E-state index contributed by atoms with van der Waals surface area (Å²) in [6.45, 7) is 1.67. The number of hydrogen-bond donors (Lipinski definition) is 1. The minimum absolute atomic E-state index is 0.212. The molecule has 5 heteroatoms. The molecule has 1 nitrogen and oxygen atoms in total. The fraction of sp³-hybridized carbons (Fsp3) is 0.455. The molecule has 88 valence electrons. The van der Waals surface area contributed by atoms with E-state index in [2.05, 4.69) is 5.32 Å². The summed E-state index contributed by atoms with van der Waals surface area (Å²) in [6, 6.07) is 3.59. The van der Waals surface area contributed by atoms with Crippen LogP contribution in [0.2, 0.25) is 5.02 Å². The van der Waals surface area contributed by atoms with Gasteiger partial charge in [0.25, 0.3) is 0 Å². The lowest BCUT2D eigenvalue weighted by Crippen LogP contribution is -2.09. The molecule has 16 heavy (non-hydrogen) atoms. The van der Waals surface area contributed by atoms with E-state index in [1.165, 1.54) is 6.07 Å². The van der Waals surface area contributed by atoms with E-state index < -0.39 is 11.7 Å². The van der Waals surface area contributed by atoms with Crippen LogP contribution in [-0.4, -0.2) is 13.1 Å². The van der Waals surface area contributed by atoms with Crippen LogP contribution in [0.15, 0.2) is 18.2 Å². The van der Waals surface area contributed by atoms with Crippen LogP contribution in [0.25, 0.3) is 0 Å². The summed E-state index contributed by atoms with van der Waals surface area (Å²) in [5.74, 6) is 0.231. The molecule has 1 aromatic carbocycles. The summed E-state index contributed by atoms with van der Waals surface area (Å²) in [5.41, 5.74) is 0.117. The van der Waals surface area contributed by atoms with Gasteiger partial charge in [-0.05, 0) is 36.6 Å². The highest BCUT2D eigenvalue weighted by molar-refractivity contribution is 6.31. The first-order valence-electron chi connectivity index (χ1n) is 5.06. The minimum Gasteiger partial charge on any atom is -0.316 e. The van der Waals surface area contributed by atoms with Crippen LogP contribution in [0.1, 0.15) is 23.5 Å². The molecule has 1 fully saturated rings. The Morgan fingerprint density at radius 2 is 2.06 bits per heavy atom. The third kappa shape index (κ3) is 2.33. The van der Waals surface area contributed by atoms with Crippen molar-refractivity contribution < 1.29 is 13.2 Å². The molecule has 1 aromatic rings. The molecule has 0 spiro atoms. The van der Waals surface area contributed by atoms with Crippen molar-refractivity contribution >= 4 is 11.6 Å². The number of halogens is 4. The van der Waals surface area contributed by atoms with Gasteiger partial charge in [-0.1, -0.05) is 17.7 Å². The number of alkyl halides is 3. The normalized spacial score (nSPS) is 21.4. The molecule has 1 heterocycles. The van der Waals surface area contributed by atoms with E-state index in [1.54, 1.807) is 0 Å². The van der Waals surface area contributed by atoms with Crippen molar-refractivity contribution in [3.8, 4) is 0 Å². The van der Waals surface area contributed by atoms with Crippen molar-refractivity contribution in [3.05, 3.63) is 34.3 Å². The molecular weight excluding hydrogens is 239 g/mol. The van der Waals surface area contributed by atoms with Crippen molar-refractivity contribution in [2.24, 2.45) is 0 Å². The van der Waals surface area contributed by atoms with Crippen molar-refractivity contribution in [2.75, 3.05) is 13.1 Å². The average Bonchev–Trinajstić information content (AvgIpc) is 2.69. The van der Waals surface area contributed by atoms with E-state index in [9.17, 15) is 13.2 Å². The van der Waals surface area contributed by atoms with Gasteiger partial charge in [0.1, 0.15) is 0 Å². The average molecular weight is 250 g/mol. The summed E-state index contributed by atoms with van der Waals surface area (Å²) in [5, 5.41) is 3.37. The van der Waals surface area contributed by atoms with Crippen LogP contribution in [-0.2, 0) is 6.18 Å². The second-order valence-corrected chi connectivity index (χ2v) is 4.33. The number of nitrogens with one attached hydrogen (secondary N) is 1. The van der Waals surface area contributed by atoms with Gasteiger partial charge in [0.2, 0.25) is 0 Å². The predicted octanol–water partition coefficient (Wildman–Crippen LogP) is 3.44. The van der Waals surface area contributed by atoms with Crippen molar-refractivity contribution in [1.29, 1.82) is 0 Å². The zero-order chi connectivity index (χ0) is 11.8. The molecule has 1 atom stereocenters. The maximum atomic E-state index is 12.4. The molecule has 1 unspecified atom stereocenters. The van der Waals surface area contributed by atoms with Gasteiger partial charge in [-0.3, -0.25) is 0 Å². The molecule has 0 radical (unpaired) electrons. The Morgan fingerprint density at radius 1 is 1.31 bits per heavy atom. The summed E-state index contributed by atoms with van der Waals surface area (Å²) < 4.78 is 37.2. The van der Waals surface area contributed by atoms with Gasteiger partial charge in [0.05, 0.1) is 5.56 Å². The van der Waals surface area contributed by atoms with Gasteiger partial charge >= 0.3 is 6.18 Å². The van der Waals surface area contributed by atoms with Gasteiger partial charge in [0, 0.05) is 11.6 Å². The van der Waals surface area contributed by atoms with Gasteiger partial charge in [-0.25, -0.2) is 0 Å². The van der Waals surface area contributed by atoms with Crippen LogP contribution < -0.4 is 5.32 Å². The first-order chi connectivity index (χ1) is 7.48. The molecule has 0 amide bonds. The van der Waals surface area contributed by atoms with Crippen molar-refractivity contribution in [2.45, 2.75) is 18.5 Å². The van der Waals surface area contributed by atoms with E-state index in [0.717, 1.165) is 37.2 Å². The van der Waals surface area contributed by atoms with Crippen LogP contribution in [0.4, 0.5) is 13.2 Å². The Balaban J connectivity index is 2.29. The monoisotopic (exact) mass is 249 g/mol.